The number of hydrogen-bond acceptors (Lipinski definition) is 4. The van der Waals surface area contributed by atoms with E-state index in [1.807, 2.05) is 6.92 Å². The molecule has 2 N–H and O–H groups in total. The highest BCUT2D eigenvalue weighted by molar-refractivity contribution is 7.92. The quantitative estimate of drug-likeness (QED) is 0.759. The van der Waals surface area contributed by atoms with Gasteiger partial charge < -0.3 is 10.6 Å². The van der Waals surface area contributed by atoms with Gasteiger partial charge in [-0.1, -0.05) is 32.8 Å². The lowest BCUT2D eigenvalue weighted by Gasteiger charge is -2.14. The molecule has 0 aliphatic heterocycles. The number of rotatable bonds is 7. The number of hydrogen-bond donors (Lipinski definition) is 2. The van der Waals surface area contributed by atoms with Crippen molar-refractivity contribution >= 4 is 33.0 Å². The van der Waals surface area contributed by atoms with Crippen molar-refractivity contribution in [3.63, 3.8) is 0 Å². The van der Waals surface area contributed by atoms with Crippen LogP contribution in [0.4, 0.5) is 11.4 Å². The molecule has 0 atom stereocenters. The van der Waals surface area contributed by atoms with Crippen LogP contribution in [-0.4, -0.2) is 31.2 Å². The van der Waals surface area contributed by atoms with Gasteiger partial charge in [-0.3, -0.25) is 9.59 Å². The summed E-state index contributed by atoms with van der Waals surface area (Å²) in [6.07, 6.45) is 3.26. The molecule has 0 bridgehead atoms. The molecule has 0 saturated heterocycles. The van der Waals surface area contributed by atoms with Crippen molar-refractivity contribution in [1.82, 2.24) is 0 Å². The highest BCUT2D eigenvalue weighted by Gasteiger charge is 2.28. The second-order valence-corrected chi connectivity index (χ2v) is 9.65. The molecule has 6 nitrogen and oxygen atoms in total. The van der Waals surface area contributed by atoms with Crippen molar-refractivity contribution in [2.75, 3.05) is 16.4 Å². The van der Waals surface area contributed by atoms with E-state index < -0.39 is 9.84 Å². The maximum atomic E-state index is 12.3. The summed E-state index contributed by atoms with van der Waals surface area (Å²) < 4.78 is 24.5. The van der Waals surface area contributed by atoms with Crippen LogP contribution in [0.25, 0.3) is 0 Å². The van der Waals surface area contributed by atoms with Gasteiger partial charge in [0.25, 0.3) is 0 Å². The molecular formula is C19H28N2O4S. The van der Waals surface area contributed by atoms with E-state index >= 15 is 0 Å². The predicted molar refractivity (Wildman–Crippen MR) is 104 cm³/mol. The van der Waals surface area contributed by atoms with Gasteiger partial charge in [0.1, 0.15) is 0 Å². The zero-order chi connectivity index (χ0) is 19.3. The molecule has 1 aromatic carbocycles. The molecule has 7 heteroatoms. The van der Waals surface area contributed by atoms with E-state index in [9.17, 15) is 18.0 Å². The third-order valence-electron chi connectivity index (χ3n) is 4.73. The molecule has 26 heavy (non-hydrogen) atoms. The van der Waals surface area contributed by atoms with E-state index in [1.54, 1.807) is 32.0 Å². The van der Waals surface area contributed by atoms with Gasteiger partial charge in [0.2, 0.25) is 11.8 Å². The number of sulfone groups is 1. The van der Waals surface area contributed by atoms with Gasteiger partial charge in [-0.25, -0.2) is 8.42 Å². The number of anilines is 2. The first-order valence-electron chi connectivity index (χ1n) is 9.12. The lowest BCUT2D eigenvalue weighted by molar-refractivity contribution is -0.119. The first-order valence-corrected chi connectivity index (χ1v) is 10.8. The van der Waals surface area contributed by atoms with Crippen LogP contribution in [0.15, 0.2) is 18.2 Å². The monoisotopic (exact) mass is 380 g/mol. The average molecular weight is 381 g/mol. The maximum absolute atomic E-state index is 12.3. The van der Waals surface area contributed by atoms with Gasteiger partial charge in [0, 0.05) is 23.7 Å². The first kappa shape index (κ1) is 20.4. The van der Waals surface area contributed by atoms with Crippen LogP contribution in [0.5, 0.6) is 0 Å². The van der Waals surface area contributed by atoms with Crippen molar-refractivity contribution in [2.24, 2.45) is 5.92 Å². The lowest BCUT2D eigenvalue weighted by Crippen LogP contribution is -2.24. The van der Waals surface area contributed by atoms with Gasteiger partial charge >= 0.3 is 0 Å². The van der Waals surface area contributed by atoms with Gasteiger partial charge in [-0.15, -0.1) is 0 Å². The Bertz CT molecular complexity index is 766. The minimum atomic E-state index is -3.21. The van der Waals surface area contributed by atoms with Crippen molar-refractivity contribution < 1.29 is 18.0 Å². The molecule has 0 spiro atoms. The standard InChI is InChI=1S/C19H28N2O4S/c1-13(2)19(23)20-15-9-8-14(3)17(12-15)21-18(22)10-11-26(24,25)16-6-4-5-7-16/h8-9,12-13,16H,4-7,10-11H2,1-3H3,(H,20,23)(H,21,22). The van der Waals surface area contributed by atoms with E-state index in [-0.39, 0.29) is 35.2 Å². The number of benzene rings is 1. The van der Waals surface area contributed by atoms with Crippen LogP contribution in [0.1, 0.15) is 51.5 Å². The zero-order valence-electron chi connectivity index (χ0n) is 15.7. The Labute approximate surface area is 155 Å². The summed E-state index contributed by atoms with van der Waals surface area (Å²) in [7, 11) is -3.21. The van der Waals surface area contributed by atoms with E-state index in [4.69, 9.17) is 0 Å². The molecule has 0 unspecified atom stereocenters. The number of carbonyl (C=O) groups is 2. The van der Waals surface area contributed by atoms with E-state index in [0.29, 0.717) is 24.2 Å². The van der Waals surface area contributed by atoms with Crippen LogP contribution in [0, 0.1) is 12.8 Å². The summed E-state index contributed by atoms with van der Waals surface area (Å²) in [5.74, 6) is -0.697. The smallest absolute Gasteiger partial charge is 0.226 e. The molecule has 1 aromatic rings. The van der Waals surface area contributed by atoms with Gasteiger partial charge in [-0.2, -0.15) is 0 Å². The number of carbonyl (C=O) groups excluding carboxylic acids is 2. The molecule has 2 rings (SSSR count). The summed E-state index contributed by atoms with van der Waals surface area (Å²) in [5, 5.41) is 5.27. The van der Waals surface area contributed by atoms with Crippen LogP contribution in [0.3, 0.4) is 0 Å². The normalized spacial score (nSPS) is 15.2. The first-order chi connectivity index (χ1) is 12.2. The highest BCUT2D eigenvalue weighted by Crippen LogP contribution is 2.26. The van der Waals surface area contributed by atoms with E-state index in [2.05, 4.69) is 10.6 Å². The van der Waals surface area contributed by atoms with Crippen LogP contribution < -0.4 is 10.6 Å². The summed E-state index contributed by atoms with van der Waals surface area (Å²) in [4.78, 5) is 24.0. The van der Waals surface area contributed by atoms with Crippen molar-refractivity contribution in [2.45, 2.75) is 58.1 Å². The second-order valence-electron chi connectivity index (χ2n) is 7.25. The van der Waals surface area contributed by atoms with Crippen molar-refractivity contribution in [3.05, 3.63) is 23.8 Å². The minimum absolute atomic E-state index is 0.0547. The molecular weight excluding hydrogens is 352 g/mol. The Morgan fingerprint density at radius 3 is 2.42 bits per heavy atom. The Morgan fingerprint density at radius 2 is 1.81 bits per heavy atom. The van der Waals surface area contributed by atoms with Gasteiger partial charge in [0.05, 0.1) is 11.0 Å². The molecule has 0 heterocycles. The van der Waals surface area contributed by atoms with E-state index in [0.717, 1.165) is 18.4 Å². The molecule has 1 aliphatic rings. The van der Waals surface area contributed by atoms with Crippen LogP contribution >= 0.6 is 0 Å². The third-order valence-corrected chi connectivity index (χ3v) is 6.99. The molecule has 1 fully saturated rings. The highest BCUT2D eigenvalue weighted by atomic mass is 32.2. The average Bonchev–Trinajstić information content (AvgIpc) is 3.11. The minimum Gasteiger partial charge on any atom is -0.326 e. The fraction of sp³-hybridized carbons (Fsp3) is 0.579. The Balaban J connectivity index is 1.96. The second kappa shape index (κ2) is 8.66. The van der Waals surface area contributed by atoms with Crippen molar-refractivity contribution in [3.8, 4) is 0 Å². The Morgan fingerprint density at radius 1 is 1.15 bits per heavy atom. The number of nitrogens with one attached hydrogen (secondary N) is 2. The fourth-order valence-corrected chi connectivity index (χ4v) is 4.84. The SMILES string of the molecule is Cc1ccc(NC(=O)C(C)C)cc1NC(=O)CCS(=O)(=O)C1CCCC1. The van der Waals surface area contributed by atoms with Gasteiger partial charge in [0.15, 0.2) is 9.84 Å². The van der Waals surface area contributed by atoms with Crippen LogP contribution in [0.2, 0.25) is 0 Å². The molecule has 144 valence electrons. The topological polar surface area (TPSA) is 92.3 Å². The number of amides is 2. The maximum Gasteiger partial charge on any atom is 0.226 e. The summed E-state index contributed by atoms with van der Waals surface area (Å²) in [5.41, 5.74) is 2.03. The number of aryl methyl sites for hydroxylation is 1. The summed E-state index contributed by atoms with van der Waals surface area (Å²) in [6, 6.07) is 5.27. The molecule has 2 amide bonds. The molecule has 0 radical (unpaired) electrons. The zero-order valence-corrected chi connectivity index (χ0v) is 16.5. The largest absolute Gasteiger partial charge is 0.326 e. The summed E-state index contributed by atoms with van der Waals surface area (Å²) >= 11 is 0. The third kappa shape index (κ3) is 5.56. The van der Waals surface area contributed by atoms with Crippen molar-refractivity contribution in [1.29, 1.82) is 0 Å². The lowest BCUT2D eigenvalue weighted by atomic mass is 10.1. The summed E-state index contributed by atoms with van der Waals surface area (Å²) in [6.45, 7) is 5.45. The van der Waals surface area contributed by atoms with Crippen LogP contribution in [-0.2, 0) is 19.4 Å². The molecule has 1 aliphatic carbocycles. The predicted octanol–water partition coefficient (Wildman–Crippen LogP) is 3.28. The molecule has 1 saturated carbocycles. The molecule has 0 aromatic heterocycles. The van der Waals surface area contributed by atoms with E-state index in [1.165, 1.54) is 0 Å². The fourth-order valence-electron chi connectivity index (χ4n) is 2.98. The van der Waals surface area contributed by atoms with Gasteiger partial charge in [-0.05, 0) is 37.5 Å². The Hall–Kier alpha value is -1.89. The Kier molecular flexibility index (Phi) is 6.81.